The van der Waals surface area contributed by atoms with Crippen molar-refractivity contribution < 1.29 is 28.6 Å². The van der Waals surface area contributed by atoms with Crippen molar-refractivity contribution in [3.05, 3.63) is 28.0 Å². The number of esters is 3. The van der Waals surface area contributed by atoms with Crippen molar-refractivity contribution >= 4 is 33.8 Å². The van der Waals surface area contributed by atoms with Crippen LogP contribution >= 0.6 is 15.9 Å². The maximum atomic E-state index is 12.1. The van der Waals surface area contributed by atoms with Crippen molar-refractivity contribution in [2.75, 3.05) is 19.8 Å². The van der Waals surface area contributed by atoms with Crippen LogP contribution in [0.5, 0.6) is 0 Å². The number of carbonyl (C=O) groups excluding carboxylic acids is 3. The fourth-order valence-electron chi connectivity index (χ4n) is 1.96. The molecule has 0 saturated carbocycles. The highest BCUT2D eigenvalue weighted by Gasteiger charge is 2.32. The molecule has 0 aliphatic rings. The lowest BCUT2D eigenvalue weighted by Crippen LogP contribution is -2.31. The third-order valence-corrected chi connectivity index (χ3v) is 3.41. The van der Waals surface area contributed by atoms with Gasteiger partial charge in [0.05, 0.1) is 31.1 Å². The standard InChI is InChI=1S/C16H20BrNO6/c1-4-22-14(19)11-7-10(17)9-18-13(11)8-12(15(20)23-5-2)16(21)24-6-3/h7,9,12H,4-6,8H2,1-3H3. The molecule has 132 valence electrons. The molecule has 0 aliphatic heterocycles. The Morgan fingerprint density at radius 3 is 2.08 bits per heavy atom. The molecule has 0 unspecified atom stereocenters. The van der Waals surface area contributed by atoms with Crippen LogP contribution in [-0.4, -0.2) is 42.7 Å². The minimum absolute atomic E-state index is 0.112. The lowest BCUT2D eigenvalue weighted by molar-refractivity contribution is -0.161. The van der Waals surface area contributed by atoms with E-state index in [1.807, 2.05) is 0 Å². The molecule has 0 aromatic carbocycles. The number of rotatable bonds is 8. The maximum Gasteiger partial charge on any atom is 0.340 e. The SMILES string of the molecule is CCOC(=O)c1cc(Br)cnc1CC(C(=O)OCC)C(=O)OCC. The van der Waals surface area contributed by atoms with Crippen molar-refractivity contribution in [2.24, 2.45) is 5.92 Å². The fraction of sp³-hybridized carbons (Fsp3) is 0.500. The Labute approximate surface area is 148 Å². The van der Waals surface area contributed by atoms with Gasteiger partial charge in [0.25, 0.3) is 0 Å². The predicted molar refractivity (Wildman–Crippen MR) is 88.4 cm³/mol. The van der Waals surface area contributed by atoms with E-state index in [1.54, 1.807) is 20.8 Å². The molecule has 0 bridgehead atoms. The lowest BCUT2D eigenvalue weighted by atomic mass is 10.00. The summed E-state index contributed by atoms with van der Waals surface area (Å²) < 4.78 is 15.4. The Hall–Kier alpha value is -1.96. The van der Waals surface area contributed by atoms with E-state index in [4.69, 9.17) is 14.2 Å². The molecule has 1 heterocycles. The highest BCUT2D eigenvalue weighted by molar-refractivity contribution is 9.10. The van der Waals surface area contributed by atoms with Gasteiger partial charge in [0, 0.05) is 17.1 Å². The van der Waals surface area contributed by atoms with Crippen molar-refractivity contribution in [1.82, 2.24) is 4.98 Å². The van der Waals surface area contributed by atoms with Crippen LogP contribution in [0.3, 0.4) is 0 Å². The van der Waals surface area contributed by atoms with Gasteiger partial charge in [0.1, 0.15) is 0 Å². The number of halogens is 1. The van der Waals surface area contributed by atoms with Crippen LogP contribution in [-0.2, 0) is 30.2 Å². The normalized spacial score (nSPS) is 10.4. The number of nitrogens with zero attached hydrogens (tertiary/aromatic N) is 1. The minimum Gasteiger partial charge on any atom is -0.465 e. The molecule has 8 heteroatoms. The number of ether oxygens (including phenoxy) is 3. The third-order valence-electron chi connectivity index (χ3n) is 2.97. The molecule has 0 amide bonds. The number of aromatic nitrogens is 1. The zero-order valence-corrected chi connectivity index (χ0v) is 15.4. The molecular formula is C16H20BrNO6. The summed E-state index contributed by atoms with van der Waals surface area (Å²) in [6.07, 6.45) is 1.37. The van der Waals surface area contributed by atoms with E-state index >= 15 is 0 Å². The van der Waals surface area contributed by atoms with Crippen LogP contribution < -0.4 is 0 Å². The molecule has 0 fully saturated rings. The minimum atomic E-state index is -1.19. The smallest absolute Gasteiger partial charge is 0.340 e. The number of carbonyl (C=O) groups is 3. The number of hydrogen-bond donors (Lipinski definition) is 0. The summed E-state index contributed by atoms with van der Waals surface area (Å²) in [5, 5.41) is 0. The zero-order chi connectivity index (χ0) is 18.1. The van der Waals surface area contributed by atoms with Crippen LogP contribution in [0.2, 0.25) is 0 Å². The quantitative estimate of drug-likeness (QED) is 0.374. The molecular weight excluding hydrogens is 382 g/mol. The maximum absolute atomic E-state index is 12.1. The van der Waals surface area contributed by atoms with E-state index in [2.05, 4.69) is 20.9 Å². The van der Waals surface area contributed by atoms with Crippen molar-refractivity contribution in [1.29, 1.82) is 0 Å². The average Bonchev–Trinajstić information content (AvgIpc) is 2.54. The predicted octanol–water partition coefficient (Wildman–Crippen LogP) is 2.31. The Balaban J connectivity index is 3.14. The van der Waals surface area contributed by atoms with Gasteiger partial charge in [-0.1, -0.05) is 0 Å². The summed E-state index contributed by atoms with van der Waals surface area (Å²) >= 11 is 3.24. The van der Waals surface area contributed by atoms with Gasteiger partial charge in [-0.3, -0.25) is 14.6 Å². The van der Waals surface area contributed by atoms with E-state index in [-0.39, 0.29) is 37.5 Å². The van der Waals surface area contributed by atoms with Gasteiger partial charge in [0.2, 0.25) is 0 Å². The molecule has 1 rings (SSSR count). The van der Waals surface area contributed by atoms with Gasteiger partial charge < -0.3 is 14.2 Å². The van der Waals surface area contributed by atoms with Crippen molar-refractivity contribution in [2.45, 2.75) is 27.2 Å². The van der Waals surface area contributed by atoms with E-state index in [1.165, 1.54) is 12.3 Å². The first kappa shape index (κ1) is 20.1. The monoisotopic (exact) mass is 401 g/mol. The Kier molecular flexibility index (Phi) is 8.39. The van der Waals surface area contributed by atoms with Crippen molar-refractivity contribution in [3.8, 4) is 0 Å². The molecule has 1 aromatic rings. The second kappa shape index (κ2) is 10.0. The first-order valence-electron chi connectivity index (χ1n) is 7.59. The van der Waals surface area contributed by atoms with Crippen molar-refractivity contribution in [3.63, 3.8) is 0 Å². The molecule has 0 radical (unpaired) electrons. The van der Waals surface area contributed by atoms with Crippen LogP contribution in [0.15, 0.2) is 16.7 Å². The first-order chi connectivity index (χ1) is 11.4. The van der Waals surface area contributed by atoms with E-state index in [0.717, 1.165) is 0 Å². The Morgan fingerprint density at radius 1 is 1.04 bits per heavy atom. The van der Waals surface area contributed by atoms with E-state index < -0.39 is 23.8 Å². The van der Waals surface area contributed by atoms with Crippen LogP contribution in [0.1, 0.15) is 36.8 Å². The average molecular weight is 402 g/mol. The summed E-state index contributed by atoms with van der Waals surface area (Å²) in [5.74, 6) is -3.19. The summed E-state index contributed by atoms with van der Waals surface area (Å²) in [7, 11) is 0. The van der Waals surface area contributed by atoms with E-state index in [9.17, 15) is 14.4 Å². The largest absolute Gasteiger partial charge is 0.465 e. The van der Waals surface area contributed by atoms with Crippen LogP contribution in [0.4, 0.5) is 0 Å². The van der Waals surface area contributed by atoms with Gasteiger partial charge in [-0.15, -0.1) is 0 Å². The summed E-state index contributed by atoms with van der Waals surface area (Å²) in [5.41, 5.74) is 0.451. The second-order valence-electron chi connectivity index (χ2n) is 4.63. The molecule has 24 heavy (non-hydrogen) atoms. The van der Waals surface area contributed by atoms with Gasteiger partial charge in [-0.05, 0) is 42.8 Å². The highest BCUT2D eigenvalue weighted by atomic mass is 79.9. The molecule has 1 aromatic heterocycles. The van der Waals surface area contributed by atoms with Gasteiger partial charge >= 0.3 is 17.9 Å². The van der Waals surface area contributed by atoms with E-state index in [0.29, 0.717) is 4.47 Å². The molecule has 0 saturated heterocycles. The van der Waals surface area contributed by atoms with Gasteiger partial charge in [-0.25, -0.2) is 4.79 Å². The summed E-state index contributed by atoms with van der Waals surface area (Å²) in [4.78, 5) is 40.3. The topological polar surface area (TPSA) is 91.8 Å². The molecule has 0 spiro atoms. The lowest BCUT2D eigenvalue weighted by Gasteiger charge is -2.15. The zero-order valence-electron chi connectivity index (χ0n) is 13.8. The summed E-state index contributed by atoms with van der Waals surface area (Å²) in [6.45, 7) is 5.43. The molecule has 0 aliphatic carbocycles. The van der Waals surface area contributed by atoms with Gasteiger partial charge in [-0.2, -0.15) is 0 Å². The molecule has 0 atom stereocenters. The first-order valence-corrected chi connectivity index (χ1v) is 8.38. The highest BCUT2D eigenvalue weighted by Crippen LogP contribution is 2.20. The molecule has 7 nitrogen and oxygen atoms in total. The fourth-order valence-corrected chi connectivity index (χ4v) is 2.29. The Morgan fingerprint density at radius 2 is 1.58 bits per heavy atom. The number of hydrogen-bond acceptors (Lipinski definition) is 7. The second-order valence-corrected chi connectivity index (χ2v) is 5.54. The van der Waals surface area contributed by atoms with Crippen LogP contribution in [0, 0.1) is 5.92 Å². The number of pyridine rings is 1. The van der Waals surface area contributed by atoms with Gasteiger partial charge in [0.15, 0.2) is 5.92 Å². The third kappa shape index (κ3) is 5.59. The Bertz CT molecular complexity index is 586. The van der Waals surface area contributed by atoms with Crippen LogP contribution in [0.25, 0.3) is 0 Å². The summed E-state index contributed by atoms with van der Waals surface area (Å²) in [6, 6.07) is 1.54. The molecule has 0 N–H and O–H groups in total.